The predicted molar refractivity (Wildman–Crippen MR) is 75.7 cm³/mol. The third-order valence-corrected chi connectivity index (χ3v) is 2.42. The third-order valence-electron chi connectivity index (χ3n) is 2.42. The van der Waals surface area contributed by atoms with Gasteiger partial charge in [0.25, 0.3) is 0 Å². The van der Waals surface area contributed by atoms with Gasteiger partial charge in [-0.1, -0.05) is 25.5 Å². The van der Waals surface area contributed by atoms with Crippen LogP contribution in [0.3, 0.4) is 0 Å². The molecule has 0 amide bonds. The van der Waals surface area contributed by atoms with Gasteiger partial charge in [-0.2, -0.15) is 0 Å². The van der Waals surface area contributed by atoms with Crippen LogP contribution < -0.4 is 10.1 Å². The molecule has 0 aromatic carbocycles. The number of hydrogen-bond donors (Lipinski definition) is 1. The van der Waals surface area contributed by atoms with Crippen molar-refractivity contribution in [1.29, 1.82) is 0 Å². The summed E-state index contributed by atoms with van der Waals surface area (Å²) in [6.45, 7) is 12.7. The lowest BCUT2D eigenvalue weighted by Crippen LogP contribution is -2.19. The molecule has 18 heavy (non-hydrogen) atoms. The summed E-state index contributed by atoms with van der Waals surface area (Å²) in [5.74, 6) is 1.35. The molecular weight excluding hydrogens is 224 g/mol. The Morgan fingerprint density at radius 3 is 2.89 bits per heavy atom. The van der Waals surface area contributed by atoms with E-state index >= 15 is 0 Å². The second kappa shape index (κ2) is 7.88. The molecule has 1 aromatic rings. The zero-order valence-corrected chi connectivity index (χ0v) is 11.7. The molecular formula is C15H24N2O. The largest absolute Gasteiger partial charge is 0.477 e. The SMILES string of the molecule is C=C(C)CCOc1cccc(CNCC(C)C)n1. The highest BCUT2D eigenvalue weighted by Crippen LogP contribution is 2.09. The van der Waals surface area contributed by atoms with E-state index in [1.54, 1.807) is 0 Å². The first-order valence-electron chi connectivity index (χ1n) is 6.51. The number of pyridine rings is 1. The minimum Gasteiger partial charge on any atom is -0.477 e. The average molecular weight is 248 g/mol. The van der Waals surface area contributed by atoms with Crippen molar-refractivity contribution in [3.8, 4) is 5.88 Å². The lowest BCUT2D eigenvalue weighted by molar-refractivity contribution is 0.308. The van der Waals surface area contributed by atoms with Crippen molar-refractivity contribution >= 4 is 0 Å². The van der Waals surface area contributed by atoms with Crippen LogP contribution in [-0.2, 0) is 6.54 Å². The molecule has 0 spiro atoms. The summed E-state index contributed by atoms with van der Waals surface area (Å²) in [5, 5.41) is 3.37. The quantitative estimate of drug-likeness (QED) is 0.717. The monoisotopic (exact) mass is 248 g/mol. The van der Waals surface area contributed by atoms with Gasteiger partial charge in [0.15, 0.2) is 0 Å². The highest BCUT2D eigenvalue weighted by Gasteiger charge is 2.00. The molecule has 0 fully saturated rings. The topological polar surface area (TPSA) is 34.1 Å². The number of nitrogens with zero attached hydrogens (tertiary/aromatic N) is 1. The molecule has 0 atom stereocenters. The number of aromatic nitrogens is 1. The molecule has 0 aliphatic carbocycles. The van der Waals surface area contributed by atoms with Crippen LogP contribution in [0, 0.1) is 5.92 Å². The Morgan fingerprint density at radius 1 is 1.44 bits per heavy atom. The Labute approximate surface area is 110 Å². The van der Waals surface area contributed by atoms with E-state index in [1.165, 1.54) is 0 Å². The van der Waals surface area contributed by atoms with Crippen molar-refractivity contribution in [3.63, 3.8) is 0 Å². The summed E-state index contributed by atoms with van der Waals surface area (Å²) < 4.78 is 5.59. The van der Waals surface area contributed by atoms with Crippen LogP contribution in [0.15, 0.2) is 30.4 Å². The molecule has 0 unspecified atom stereocenters. The molecule has 3 nitrogen and oxygen atoms in total. The predicted octanol–water partition coefficient (Wildman–Crippen LogP) is 3.17. The van der Waals surface area contributed by atoms with Crippen LogP contribution in [0.2, 0.25) is 0 Å². The number of ether oxygens (including phenoxy) is 1. The van der Waals surface area contributed by atoms with Crippen molar-refractivity contribution in [3.05, 3.63) is 36.0 Å². The van der Waals surface area contributed by atoms with Crippen LogP contribution in [0.25, 0.3) is 0 Å². The number of rotatable bonds is 8. The van der Waals surface area contributed by atoms with Crippen LogP contribution >= 0.6 is 0 Å². The Kier molecular flexibility index (Phi) is 6.44. The van der Waals surface area contributed by atoms with Gasteiger partial charge in [0.05, 0.1) is 12.3 Å². The van der Waals surface area contributed by atoms with Crippen molar-refractivity contribution in [2.45, 2.75) is 33.7 Å². The summed E-state index contributed by atoms with van der Waals surface area (Å²) in [7, 11) is 0. The van der Waals surface area contributed by atoms with Gasteiger partial charge in [0.1, 0.15) is 0 Å². The van der Waals surface area contributed by atoms with E-state index in [1.807, 2.05) is 25.1 Å². The Bertz CT molecular complexity index is 375. The Morgan fingerprint density at radius 2 is 2.22 bits per heavy atom. The van der Waals surface area contributed by atoms with Crippen molar-refractivity contribution < 1.29 is 4.74 Å². The molecule has 1 N–H and O–H groups in total. The van der Waals surface area contributed by atoms with Crippen LogP contribution in [-0.4, -0.2) is 18.1 Å². The maximum atomic E-state index is 5.59. The normalized spacial score (nSPS) is 10.7. The van der Waals surface area contributed by atoms with Crippen LogP contribution in [0.5, 0.6) is 5.88 Å². The van der Waals surface area contributed by atoms with Crippen molar-refractivity contribution in [1.82, 2.24) is 10.3 Å². The summed E-state index contributed by atoms with van der Waals surface area (Å²) in [6.07, 6.45) is 0.873. The van der Waals surface area contributed by atoms with Gasteiger partial charge in [-0.05, 0) is 25.5 Å². The average Bonchev–Trinajstić information content (AvgIpc) is 2.28. The van der Waals surface area contributed by atoms with Gasteiger partial charge in [0, 0.05) is 19.0 Å². The molecule has 0 bridgehead atoms. The number of hydrogen-bond acceptors (Lipinski definition) is 3. The smallest absolute Gasteiger partial charge is 0.213 e. The molecule has 1 rings (SSSR count). The van der Waals surface area contributed by atoms with E-state index in [2.05, 4.69) is 30.7 Å². The van der Waals surface area contributed by atoms with Gasteiger partial charge in [-0.15, -0.1) is 6.58 Å². The molecule has 100 valence electrons. The lowest BCUT2D eigenvalue weighted by Gasteiger charge is -2.09. The molecule has 1 aromatic heterocycles. The first kappa shape index (κ1) is 14.7. The van der Waals surface area contributed by atoms with Gasteiger partial charge in [-0.3, -0.25) is 0 Å². The highest BCUT2D eigenvalue weighted by molar-refractivity contribution is 5.15. The van der Waals surface area contributed by atoms with E-state index in [4.69, 9.17) is 4.74 Å². The Hall–Kier alpha value is -1.35. The van der Waals surface area contributed by atoms with E-state index in [-0.39, 0.29) is 0 Å². The number of nitrogens with one attached hydrogen (secondary N) is 1. The zero-order chi connectivity index (χ0) is 13.4. The van der Waals surface area contributed by atoms with Crippen LogP contribution in [0.1, 0.15) is 32.9 Å². The molecule has 1 heterocycles. The third kappa shape index (κ3) is 6.40. The van der Waals surface area contributed by atoms with Crippen LogP contribution in [0.4, 0.5) is 0 Å². The fourth-order valence-electron chi connectivity index (χ4n) is 1.46. The second-order valence-corrected chi connectivity index (χ2v) is 5.05. The molecule has 3 heteroatoms. The minimum atomic E-state index is 0.644. The summed E-state index contributed by atoms with van der Waals surface area (Å²) in [4.78, 5) is 4.45. The van der Waals surface area contributed by atoms with E-state index in [9.17, 15) is 0 Å². The maximum Gasteiger partial charge on any atom is 0.213 e. The molecule has 0 saturated carbocycles. The van der Waals surface area contributed by atoms with Gasteiger partial charge >= 0.3 is 0 Å². The molecule has 0 aliphatic rings. The van der Waals surface area contributed by atoms with Crippen molar-refractivity contribution in [2.24, 2.45) is 5.92 Å². The second-order valence-electron chi connectivity index (χ2n) is 5.05. The fourth-order valence-corrected chi connectivity index (χ4v) is 1.46. The van der Waals surface area contributed by atoms with Gasteiger partial charge in [-0.25, -0.2) is 4.98 Å². The first-order chi connectivity index (χ1) is 8.58. The maximum absolute atomic E-state index is 5.59. The standard InChI is InChI=1S/C15H24N2O/c1-12(2)8-9-18-15-7-5-6-14(17-15)11-16-10-13(3)4/h5-7,13,16H,1,8-11H2,2-4H3. The van der Waals surface area contributed by atoms with Gasteiger partial charge in [0.2, 0.25) is 5.88 Å². The van der Waals surface area contributed by atoms with E-state index in [0.717, 1.165) is 30.8 Å². The molecule has 0 aliphatic heterocycles. The van der Waals surface area contributed by atoms with E-state index in [0.29, 0.717) is 18.4 Å². The Balaban J connectivity index is 2.39. The molecule has 0 radical (unpaired) electrons. The summed E-state index contributed by atoms with van der Waals surface area (Å²) in [5.41, 5.74) is 2.15. The van der Waals surface area contributed by atoms with Crippen molar-refractivity contribution in [2.75, 3.05) is 13.2 Å². The fraction of sp³-hybridized carbons (Fsp3) is 0.533. The summed E-state index contributed by atoms with van der Waals surface area (Å²) in [6, 6.07) is 5.89. The summed E-state index contributed by atoms with van der Waals surface area (Å²) >= 11 is 0. The van der Waals surface area contributed by atoms with E-state index < -0.39 is 0 Å². The molecule has 0 saturated heterocycles. The first-order valence-corrected chi connectivity index (χ1v) is 6.51. The zero-order valence-electron chi connectivity index (χ0n) is 11.7. The lowest BCUT2D eigenvalue weighted by atomic mass is 10.2. The highest BCUT2D eigenvalue weighted by atomic mass is 16.5. The minimum absolute atomic E-state index is 0.644. The van der Waals surface area contributed by atoms with Gasteiger partial charge < -0.3 is 10.1 Å².